The minimum atomic E-state index is -0.543. The smallest absolute Gasteiger partial charge is 0.275 e. The first-order chi connectivity index (χ1) is 10.1. The Morgan fingerprint density at radius 1 is 1.19 bits per heavy atom. The molecule has 21 heavy (non-hydrogen) atoms. The Kier molecular flexibility index (Phi) is 2.87. The van der Waals surface area contributed by atoms with Gasteiger partial charge in [0, 0.05) is 23.4 Å². The van der Waals surface area contributed by atoms with Crippen LogP contribution in [-0.2, 0) is 0 Å². The maximum Gasteiger partial charge on any atom is 0.275 e. The molecule has 3 N–H and O–H groups in total. The number of H-pyrrole nitrogens is 1. The second kappa shape index (κ2) is 4.71. The molecule has 0 aliphatic carbocycles. The zero-order valence-corrected chi connectivity index (χ0v) is 10.7. The van der Waals surface area contributed by atoms with Crippen molar-refractivity contribution in [2.24, 2.45) is 0 Å². The lowest BCUT2D eigenvalue weighted by Crippen LogP contribution is -2.12. The van der Waals surface area contributed by atoms with E-state index >= 15 is 0 Å². The molecule has 7 heteroatoms. The van der Waals surface area contributed by atoms with Gasteiger partial charge in [-0.05, 0) is 18.2 Å². The normalized spacial score (nSPS) is 10.7. The van der Waals surface area contributed by atoms with Gasteiger partial charge in [-0.1, -0.05) is 12.1 Å². The standard InChI is InChI=1S/C14H10N4O3/c15-10-6-5-8(18(20)21)7-9(10)13-14(19)17-12-4-2-1-3-11(12)16-13/h1-7H,15H2,(H,17,19). The third-order valence-electron chi connectivity index (χ3n) is 3.10. The first-order valence-electron chi connectivity index (χ1n) is 6.09. The lowest BCUT2D eigenvalue weighted by atomic mass is 10.1. The van der Waals surface area contributed by atoms with Crippen molar-refractivity contribution in [1.29, 1.82) is 0 Å². The lowest BCUT2D eigenvalue weighted by molar-refractivity contribution is -0.384. The van der Waals surface area contributed by atoms with Gasteiger partial charge in [0.05, 0.1) is 16.0 Å². The number of aromatic nitrogens is 2. The second-order valence-electron chi connectivity index (χ2n) is 4.46. The van der Waals surface area contributed by atoms with E-state index in [2.05, 4.69) is 9.97 Å². The van der Waals surface area contributed by atoms with Crippen LogP contribution in [0.25, 0.3) is 22.3 Å². The Morgan fingerprint density at radius 2 is 1.95 bits per heavy atom. The highest BCUT2D eigenvalue weighted by molar-refractivity contribution is 5.81. The zero-order chi connectivity index (χ0) is 15.0. The van der Waals surface area contributed by atoms with Crippen LogP contribution in [0.2, 0.25) is 0 Å². The number of nitro benzene ring substituents is 1. The number of rotatable bonds is 2. The number of fused-ring (bicyclic) bond motifs is 1. The van der Waals surface area contributed by atoms with Crippen LogP contribution in [0.3, 0.4) is 0 Å². The van der Waals surface area contributed by atoms with Crippen molar-refractivity contribution in [2.75, 3.05) is 5.73 Å². The van der Waals surface area contributed by atoms with Gasteiger partial charge < -0.3 is 10.7 Å². The second-order valence-corrected chi connectivity index (χ2v) is 4.46. The third kappa shape index (κ3) is 2.20. The summed E-state index contributed by atoms with van der Waals surface area (Å²) in [5.74, 6) is 0. The van der Waals surface area contributed by atoms with Crippen LogP contribution < -0.4 is 11.3 Å². The molecule has 7 nitrogen and oxygen atoms in total. The topological polar surface area (TPSA) is 115 Å². The molecular formula is C14H10N4O3. The highest BCUT2D eigenvalue weighted by atomic mass is 16.6. The molecule has 0 unspecified atom stereocenters. The molecule has 0 radical (unpaired) electrons. The molecule has 0 aliphatic rings. The van der Waals surface area contributed by atoms with Crippen LogP contribution in [-0.4, -0.2) is 14.9 Å². The fourth-order valence-electron chi connectivity index (χ4n) is 2.08. The summed E-state index contributed by atoms with van der Waals surface area (Å²) in [4.78, 5) is 29.4. The molecule has 3 aromatic rings. The van der Waals surface area contributed by atoms with Crippen molar-refractivity contribution in [3.05, 3.63) is 62.9 Å². The van der Waals surface area contributed by atoms with E-state index in [0.717, 1.165) is 0 Å². The Morgan fingerprint density at radius 3 is 2.71 bits per heavy atom. The van der Waals surface area contributed by atoms with Crippen LogP contribution in [0.4, 0.5) is 11.4 Å². The molecule has 0 amide bonds. The van der Waals surface area contributed by atoms with E-state index in [1.807, 2.05) is 0 Å². The lowest BCUT2D eigenvalue weighted by Gasteiger charge is -2.05. The van der Waals surface area contributed by atoms with E-state index in [9.17, 15) is 14.9 Å². The minimum Gasteiger partial charge on any atom is -0.398 e. The summed E-state index contributed by atoms with van der Waals surface area (Å²) < 4.78 is 0. The van der Waals surface area contributed by atoms with Crippen LogP contribution in [0.5, 0.6) is 0 Å². The summed E-state index contributed by atoms with van der Waals surface area (Å²) in [6.45, 7) is 0. The van der Waals surface area contributed by atoms with Crippen LogP contribution in [0.15, 0.2) is 47.3 Å². The molecule has 1 heterocycles. The first-order valence-corrected chi connectivity index (χ1v) is 6.09. The number of nitrogens with two attached hydrogens (primary N) is 1. The molecule has 0 fully saturated rings. The van der Waals surface area contributed by atoms with E-state index in [-0.39, 0.29) is 22.6 Å². The number of nitrogens with zero attached hydrogens (tertiary/aromatic N) is 2. The number of nitrogens with one attached hydrogen (secondary N) is 1. The highest BCUT2D eigenvalue weighted by Crippen LogP contribution is 2.27. The molecule has 0 aliphatic heterocycles. The number of para-hydroxylation sites is 2. The predicted octanol–water partition coefficient (Wildman–Crippen LogP) is 2.08. The maximum atomic E-state index is 12.1. The molecule has 0 spiro atoms. The first kappa shape index (κ1) is 12.8. The van der Waals surface area contributed by atoms with E-state index in [0.29, 0.717) is 11.0 Å². The molecule has 0 saturated heterocycles. The molecule has 104 valence electrons. The largest absolute Gasteiger partial charge is 0.398 e. The van der Waals surface area contributed by atoms with Gasteiger partial charge in [-0.3, -0.25) is 14.9 Å². The fourth-order valence-corrected chi connectivity index (χ4v) is 2.08. The van der Waals surface area contributed by atoms with Gasteiger partial charge in [0.25, 0.3) is 11.2 Å². The van der Waals surface area contributed by atoms with Gasteiger partial charge in [0.15, 0.2) is 0 Å². The average molecular weight is 282 g/mol. The number of nitro groups is 1. The fraction of sp³-hybridized carbons (Fsp3) is 0. The molecule has 0 saturated carbocycles. The number of hydrogen-bond donors (Lipinski definition) is 2. The number of nitrogen functional groups attached to an aromatic ring is 1. The Bertz CT molecular complexity index is 917. The molecule has 1 aromatic heterocycles. The van der Waals surface area contributed by atoms with E-state index in [1.165, 1.54) is 18.2 Å². The number of benzene rings is 2. The van der Waals surface area contributed by atoms with Gasteiger partial charge in [-0.25, -0.2) is 4.98 Å². The summed E-state index contributed by atoms with van der Waals surface area (Å²) in [6, 6.07) is 11.0. The van der Waals surface area contributed by atoms with Crippen molar-refractivity contribution in [3.8, 4) is 11.3 Å². The zero-order valence-electron chi connectivity index (χ0n) is 10.7. The average Bonchev–Trinajstić information content (AvgIpc) is 2.47. The minimum absolute atomic E-state index is 0.0647. The summed E-state index contributed by atoms with van der Waals surface area (Å²) in [6.07, 6.45) is 0. The number of aromatic amines is 1. The highest BCUT2D eigenvalue weighted by Gasteiger charge is 2.15. The van der Waals surface area contributed by atoms with Gasteiger partial charge in [-0.15, -0.1) is 0 Å². The molecule has 0 atom stereocenters. The molecule has 0 bridgehead atoms. The van der Waals surface area contributed by atoms with Crippen LogP contribution in [0, 0.1) is 10.1 Å². The van der Waals surface area contributed by atoms with E-state index in [1.54, 1.807) is 24.3 Å². The summed E-state index contributed by atoms with van der Waals surface area (Å²) in [7, 11) is 0. The van der Waals surface area contributed by atoms with Crippen molar-refractivity contribution in [2.45, 2.75) is 0 Å². The van der Waals surface area contributed by atoms with Gasteiger partial charge in [0.2, 0.25) is 0 Å². The summed E-state index contributed by atoms with van der Waals surface area (Å²) in [5.41, 5.74) is 6.97. The quantitative estimate of drug-likeness (QED) is 0.424. The van der Waals surface area contributed by atoms with Gasteiger partial charge >= 0.3 is 0 Å². The van der Waals surface area contributed by atoms with Crippen molar-refractivity contribution >= 4 is 22.4 Å². The third-order valence-corrected chi connectivity index (χ3v) is 3.10. The van der Waals surface area contributed by atoms with Crippen LogP contribution in [0.1, 0.15) is 0 Å². The molecular weight excluding hydrogens is 272 g/mol. The van der Waals surface area contributed by atoms with Gasteiger partial charge in [-0.2, -0.15) is 0 Å². The van der Waals surface area contributed by atoms with E-state index < -0.39 is 10.5 Å². The Balaban J connectivity index is 2.29. The monoisotopic (exact) mass is 282 g/mol. The van der Waals surface area contributed by atoms with Crippen molar-refractivity contribution in [1.82, 2.24) is 9.97 Å². The number of hydrogen-bond acceptors (Lipinski definition) is 5. The SMILES string of the molecule is Nc1ccc([N+](=O)[O-])cc1-c1nc2ccccc2[nH]c1=O. The number of anilines is 1. The maximum absolute atomic E-state index is 12.1. The Hall–Kier alpha value is -3.22. The van der Waals surface area contributed by atoms with E-state index in [4.69, 9.17) is 5.73 Å². The van der Waals surface area contributed by atoms with Crippen molar-refractivity contribution < 1.29 is 4.92 Å². The van der Waals surface area contributed by atoms with Crippen molar-refractivity contribution in [3.63, 3.8) is 0 Å². The Labute approximate surface area is 118 Å². The van der Waals surface area contributed by atoms with Gasteiger partial charge in [0.1, 0.15) is 5.69 Å². The van der Waals surface area contributed by atoms with Crippen LogP contribution >= 0.6 is 0 Å². The summed E-state index contributed by atoms with van der Waals surface area (Å²) in [5, 5.41) is 10.9. The molecule has 2 aromatic carbocycles. The molecule has 3 rings (SSSR count). The number of non-ortho nitro benzene ring substituents is 1. The predicted molar refractivity (Wildman–Crippen MR) is 78.9 cm³/mol. The summed E-state index contributed by atoms with van der Waals surface area (Å²) >= 11 is 0.